The second-order valence-electron chi connectivity index (χ2n) is 6.90. The molecule has 2 nitrogen and oxygen atoms in total. The Balaban J connectivity index is 1.52. The summed E-state index contributed by atoms with van der Waals surface area (Å²) in [5.74, 6) is 3.88. The lowest BCUT2D eigenvalue weighted by atomic mass is 9.55. The van der Waals surface area contributed by atoms with E-state index in [1.807, 2.05) is 0 Å². The van der Waals surface area contributed by atoms with E-state index in [9.17, 15) is 0 Å². The minimum absolute atomic E-state index is 0.125. The van der Waals surface area contributed by atoms with Crippen LogP contribution in [0.1, 0.15) is 44.9 Å². The summed E-state index contributed by atoms with van der Waals surface area (Å²) in [6.07, 6.45) is 10.4. The zero-order chi connectivity index (χ0) is 10.8. The summed E-state index contributed by atoms with van der Waals surface area (Å²) in [4.78, 5) is 0. The van der Waals surface area contributed by atoms with Crippen molar-refractivity contribution in [2.45, 2.75) is 56.7 Å². The van der Waals surface area contributed by atoms with Crippen LogP contribution in [0.2, 0.25) is 0 Å². The first-order valence-electron chi connectivity index (χ1n) is 7.16. The standard InChI is InChI=1S/C14H23NO/c15-8-14(1-2-14)16-13-11-4-9-3-10(6-11)7-12(13)5-9/h9-13H,1-8,15H2. The predicted molar refractivity (Wildman–Crippen MR) is 62.9 cm³/mol. The Bertz CT molecular complexity index is 269. The van der Waals surface area contributed by atoms with Gasteiger partial charge < -0.3 is 10.5 Å². The van der Waals surface area contributed by atoms with Gasteiger partial charge in [0.1, 0.15) is 0 Å². The Labute approximate surface area is 97.9 Å². The molecule has 0 unspecified atom stereocenters. The SMILES string of the molecule is NCC1(OC2C3CC4CC(C3)CC2C4)CC1. The normalized spacial score (nSPS) is 51.9. The zero-order valence-corrected chi connectivity index (χ0v) is 10.0. The van der Waals surface area contributed by atoms with Gasteiger partial charge in [0.25, 0.3) is 0 Å². The minimum atomic E-state index is 0.125. The second-order valence-corrected chi connectivity index (χ2v) is 6.90. The maximum absolute atomic E-state index is 6.45. The van der Waals surface area contributed by atoms with Gasteiger partial charge in [-0.2, -0.15) is 0 Å². The predicted octanol–water partition coefficient (Wildman–Crippen LogP) is 2.32. The molecule has 0 saturated heterocycles. The molecule has 5 fully saturated rings. The van der Waals surface area contributed by atoms with E-state index in [2.05, 4.69) is 0 Å². The molecule has 0 aliphatic heterocycles. The summed E-state index contributed by atoms with van der Waals surface area (Å²) in [6.45, 7) is 0.746. The van der Waals surface area contributed by atoms with Gasteiger partial charge in [-0.25, -0.2) is 0 Å². The van der Waals surface area contributed by atoms with E-state index in [4.69, 9.17) is 10.5 Å². The maximum Gasteiger partial charge on any atom is 0.0810 e. The molecule has 0 heterocycles. The fourth-order valence-corrected chi connectivity index (χ4v) is 4.87. The molecule has 0 aromatic carbocycles. The second kappa shape index (κ2) is 3.23. The average molecular weight is 221 g/mol. The summed E-state index contributed by atoms with van der Waals surface area (Å²) in [5.41, 5.74) is 5.97. The van der Waals surface area contributed by atoms with Crippen molar-refractivity contribution in [3.63, 3.8) is 0 Å². The molecule has 2 N–H and O–H groups in total. The Morgan fingerprint density at radius 3 is 1.94 bits per heavy atom. The molecule has 16 heavy (non-hydrogen) atoms. The van der Waals surface area contributed by atoms with E-state index < -0.39 is 0 Å². The van der Waals surface area contributed by atoms with Gasteiger partial charge in [0.15, 0.2) is 0 Å². The molecule has 5 rings (SSSR count). The zero-order valence-electron chi connectivity index (χ0n) is 10.0. The molecule has 2 heteroatoms. The lowest BCUT2D eigenvalue weighted by Crippen LogP contribution is -2.51. The molecule has 90 valence electrons. The first-order chi connectivity index (χ1) is 7.78. The van der Waals surface area contributed by atoms with E-state index >= 15 is 0 Å². The molecule has 0 aromatic heterocycles. The van der Waals surface area contributed by atoms with Gasteiger partial charge in [0, 0.05) is 6.54 Å². The van der Waals surface area contributed by atoms with Crippen LogP contribution in [0.15, 0.2) is 0 Å². The van der Waals surface area contributed by atoms with Gasteiger partial charge in [0.2, 0.25) is 0 Å². The van der Waals surface area contributed by atoms with Gasteiger partial charge in [0.05, 0.1) is 11.7 Å². The van der Waals surface area contributed by atoms with Gasteiger partial charge in [-0.1, -0.05) is 0 Å². The van der Waals surface area contributed by atoms with Crippen molar-refractivity contribution in [1.82, 2.24) is 0 Å². The fraction of sp³-hybridized carbons (Fsp3) is 1.00. The van der Waals surface area contributed by atoms with E-state index in [-0.39, 0.29) is 5.60 Å². The molecular weight excluding hydrogens is 198 g/mol. The van der Waals surface area contributed by atoms with Crippen LogP contribution < -0.4 is 5.73 Å². The smallest absolute Gasteiger partial charge is 0.0810 e. The quantitative estimate of drug-likeness (QED) is 0.794. The van der Waals surface area contributed by atoms with Crippen LogP contribution in [-0.2, 0) is 4.74 Å². The van der Waals surface area contributed by atoms with E-state index in [0.717, 1.165) is 30.2 Å². The molecule has 0 radical (unpaired) electrons. The van der Waals surface area contributed by atoms with E-state index in [1.54, 1.807) is 0 Å². The van der Waals surface area contributed by atoms with E-state index in [1.165, 1.54) is 44.9 Å². The highest BCUT2D eigenvalue weighted by atomic mass is 16.5. The molecular formula is C14H23NO. The Kier molecular flexibility index (Phi) is 2.00. The molecule has 0 spiro atoms. The highest BCUT2D eigenvalue weighted by Gasteiger charge is 2.53. The third-order valence-corrected chi connectivity index (χ3v) is 5.71. The number of rotatable bonds is 3. The highest BCUT2D eigenvalue weighted by Crippen LogP contribution is 2.56. The lowest BCUT2D eigenvalue weighted by molar-refractivity contribution is -0.157. The molecule has 5 aliphatic rings. The third-order valence-electron chi connectivity index (χ3n) is 5.71. The van der Waals surface area contributed by atoms with Gasteiger partial charge in [-0.15, -0.1) is 0 Å². The van der Waals surface area contributed by atoms with Crippen LogP contribution in [0.5, 0.6) is 0 Å². The number of ether oxygens (including phenoxy) is 1. The van der Waals surface area contributed by atoms with Crippen LogP contribution in [0.25, 0.3) is 0 Å². The largest absolute Gasteiger partial charge is 0.370 e. The van der Waals surface area contributed by atoms with Gasteiger partial charge >= 0.3 is 0 Å². The van der Waals surface area contributed by atoms with Crippen molar-refractivity contribution in [3.05, 3.63) is 0 Å². The van der Waals surface area contributed by atoms with Crippen molar-refractivity contribution in [2.24, 2.45) is 29.4 Å². The Morgan fingerprint density at radius 1 is 0.938 bits per heavy atom. The van der Waals surface area contributed by atoms with Crippen LogP contribution in [-0.4, -0.2) is 18.2 Å². The van der Waals surface area contributed by atoms with Gasteiger partial charge in [-0.3, -0.25) is 0 Å². The summed E-state index contributed by atoms with van der Waals surface area (Å²) in [5, 5.41) is 0. The summed E-state index contributed by atoms with van der Waals surface area (Å²) in [6, 6.07) is 0. The molecule has 5 aliphatic carbocycles. The Hall–Kier alpha value is -0.0800. The van der Waals surface area contributed by atoms with Crippen molar-refractivity contribution < 1.29 is 4.74 Å². The van der Waals surface area contributed by atoms with Crippen molar-refractivity contribution in [3.8, 4) is 0 Å². The van der Waals surface area contributed by atoms with Crippen LogP contribution in [0.3, 0.4) is 0 Å². The molecule has 0 aromatic rings. The number of nitrogens with two attached hydrogens (primary N) is 1. The van der Waals surface area contributed by atoms with Crippen LogP contribution in [0, 0.1) is 23.7 Å². The maximum atomic E-state index is 6.45. The molecule has 5 saturated carbocycles. The first-order valence-corrected chi connectivity index (χ1v) is 7.16. The first kappa shape index (κ1) is 9.90. The lowest BCUT2D eigenvalue weighted by Gasteiger charge is -2.54. The number of hydrogen-bond donors (Lipinski definition) is 1. The van der Waals surface area contributed by atoms with Crippen molar-refractivity contribution >= 4 is 0 Å². The van der Waals surface area contributed by atoms with E-state index in [0.29, 0.717) is 6.10 Å². The summed E-state index contributed by atoms with van der Waals surface area (Å²) in [7, 11) is 0. The highest BCUT2D eigenvalue weighted by molar-refractivity contribution is 5.03. The number of hydrogen-bond acceptors (Lipinski definition) is 2. The third kappa shape index (κ3) is 1.39. The molecule has 4 bridgehead atoms. The molecule has 0 amide bonds. The van der Waals surface area contributed by atoms with Crippen LogP contribution in [0.4, 0.5) is 0 Å². The topological polar surface area (TPSA) is 35.2 Å². The Morgan fingerprint density at radius 2 is 1.50 bits per heavy atom. The minimum Gasteiger partial charge on any atom is -0.370 e. The van der Waals surface area contributed by atoms with Crippen LogP contribution >= 0.6 is 0 Å². The average Bonchev–Trinajstić information content (AvgIpc) is 3.03. The molecule has 0 atom stereocenters. The summed E-state index contributed by atoms with van der Waals surface area (Å²) >= 11 is 0. The fourth-order valence-electron chi connectivity index (χ4n) is 4.87. The summed E-state index contributed by atoms with van der Waals surface area (Å²) < 4.78 is 6.45. The van der Waals surface area contributed by atoms with Gasteiger partial charge in [-0.05, 0) is 68.6 Å². The monoisotopic (exact) mass is 221 g/mol. The van der Waals surface area contributed by atoms with Crippen molar-refractivity contribution in [1.29, 1.82) is 0 Å². The van der Waals surface area contributed by atoms with Crippen molar-refractivity contribution in [2.75, 3.05) is 6.54 Å².